The lowest BCUT2D eigenvalue weighted by Crippen LogP contribution is -1.94. The van der Waals surface area contributed by atoms with E-state index in [9.17, 15) is 15.8 Å². The Labute approximate surface area is 256 Å². The van der Waals surface area contributed by atoms with Crippen LogP contribution in [0.5, 0.6) is 0 Å². The van der Waals surface area contributed by atoms with E-state index in [1.165, 1.54) is 20.2 Å². The van der Waals surface area contributed by atoms with Crippen molar-refractivity contribution in [2.75, 3.05) is 0 Å². The van der Waals surface area contributed by atoms with Crippen molar-refractivity contribution in [3.05, 3.63) is 132 Å². The van der Waals surface area contributed by atoms with Crippen LogP contribution in [0.25, 0.3) is 75.5 Å². The molecule has 4 nitrogen and oxygen atoms in total. The molecule has 44 heavy (non-hydrogen) atoms. The van der Waals surface area contributed by atoms with E-state index in [0.29, 0.717) is 5.56 Å². The van der Waals surface area contributed by atoms with Gasteiger partial charge in [0, 0.05) is 42.1 Å². The van der Waals surface area contributed by atoms with E-state index in [4.69, 9.17) is 4.42 Å². The molecule has 0 N–H and O–H groups in total. The molecule has 0 aliphatic heterocycles. The maximum absolute atomic E-state index is 10.1. The molecular weight excluding hydrogens is 559 g/mol. The predicted octanol–water partition coefficient (Wildman–Crippen LogP) is 10.6. The van der Waals surface area contributed by atoms with Gasteiger partial charge in [-0.25, -0.2) is 0 Å². The van der Waals surface area contributed by atoms with Crippen molar-refractivity contribution in [2.45, 2.75) is 0 Å². The van der Waals surface area contributed by atoms with Crippen LogP contribution in [-0.2, 0) is 0 Å². The zero-order chi connectivity index (χ0) is 29.8. The molecule has 6 aromatic carbocycles. The third kappa shape index (κ3) is 3.95. The largest absolute Gasteiger partial charge is 0.455 e. The summed E-state index contributed by atoms with van der Waals surface area (Å²) in [6.07, 6.45) is 0. The number of fused-ring (bicyclic) bond motifs is 6. The molecule has 0 amide bonds. The lowest BCUT2D eigenvalue weighted by molar-refractivity contribution is 0.670. The average molecular weight is 578 g/mol. The van der Waals surface area contributed by atoms with Crippen LogP contribution in [0.4, 0.5) is 0 Å². The first-order chi connectivity index (χ1) is 21.6. The fourth-order valence-corrected chi connectivity index (χ4v) is 7.25. The van der Waals surface area contributed by atoms with E-state index >= 15 is 0 Å². The minimum absolute atomic E-state index is 0.278. The first-order valence-corrected chi connectivity index (χ1v) is 14.8. The normalized spacial score (nSPS) is 11.1. The number of nitrogens with zero attached hydrogens (tertiary/aromatic N) is 3. The third-order valence-electron chi connectivity index (χ3n) is 8.16. The number of hydrogen-bond acceptors (Lipinski definition) is 5. The summed E-state index contributed by atoms with van der Waals surface area (Å²) in [5.74, 6) is 0. The van der Waals surface area contributed by atoms with Gasteiger partial charge >= 0.3 is 0 Å². The molecule has 0 fully saturated rings. The predicted molar refractivity (Wildman–Crippen MR) is 177 cm³/mol. The Morgan fingerprint density at radius 1 is 0.500 bits per heavy atom. The van der Waals surface area contributed by atoms with Crippen LogP contribution >= 0.6 is 11.3 Å². The topological polar surface area (TPSA) is 84.5 Å². The van der Waals surface area contributed by atoms with Crippen LogP contribution in [0.1, 0.15) is 16.7 Å². The van der Waals surface area contributed by atoms with E-state index < -0.39 is 0 Å². The van der Waals surface area contributed by atoms with Crippen molar-refractivity contribution >= 4 is 53.4 Å². The second-order valence-corrected chi connectivity index (χ2v) is 11.8. The fraction of sp³-hybridized carbons (Fsp3) is 0. The van der Waals surface area contributed by atoms with Gasteiger partial charge in [-0.3, -0.25) is 0 Å². The van der Waals surface area contributed by atoms with Crippen LogP contribution in [0.2, 0.25) is 0 Å². The first kappa shape index (κ1) is 25.5. The molecular formula is C39H19N3OS. The van der Waals surface area contributed by atoms with Crippen LogP contribution in [0, 0.1) is 34.0 Å². The molecule has 2 aromatic heterocycles. The Morgan fingerprint density at radius 3 is 1.98 bits per heavy atom. The molecule has 0 spiro atoms. The Morgan fingerprint density at radius 2 is 1.18 bits per heavy atom. The van der Waals surface area contributed by atoms with E-state index in [0.717, 1.165) is 49.8 Å². The summed E-state index contributed by atoms with van der Waals surface area (Å²) in [4.78, 5) is 0. The molecule has 5 heteroatoms. The molecule has 202 valence electrons. The third-order valence-corrected chi connectivity index (χ3v) is 9.31. The van der Waals surface area contributed by atoms with E-state index in [1.54, 1.807) is 23.5 Å². The molecule has 8 rings (SSSR count). The zero-order valence-corrected chi connectivity index (χ0v) is 23.9. The number of para-hydroxylation sites is 2. The van der Waals surface area contributed by atoms with Gasteiger partial charge in [0.2, 0.25) is 0 Å². The SMILES string of the molecule is N#Cc1cc(C#N)c(-c2cc(-c3ccc4sc5ccccc5c4c3)cc(-c3cccc4c3oc3ccccc34)c2)c(C#N)c1. The van der Waals surface area contributed by atoms with E-state index in [1.807, 2.05) is 42.5 Å². The number of hydrogen-bond donors (Lipinski definition) is 0. The lowest BCUT2D eigenvalue weighted by atomic mass is 9.88. The first-order valence-electron chi connectivity index (χ1n) is 14.0. The average Bonchev–Trinajstić information content (AvgIpc) is 3.65. The maximum atomic E-state index is 10.1. The molecule has 0 radical (unpaired) electrons. The van der Waals surface area contributed by atoms with Crippen LogP contribution < -0.4 is 0 Å². The summed E-state index contributed by atoms with van der Waals surface area (Å²) >= 11 is 1.77. The van der Waals surface area contributed by atoms with Crippen molar-refractivity contribution in [3.63, 3.8) is 0 Å². The van der Waals surface area contributed by atoms with Gasteiger partial charge in [0.15, 0.2) is 0 Å². The highest BCUT2D eigenvalue weighted by molar-refractivity contribution is 7.25. The summed E-state index contributed by atoms with van der Waals surface area (Å²) in [5.41, 5.74) is 7.43. The summed E-state index contributed by atoms with van der Waals surface area (Å²) < 4.78 is 8.85. The lowest BCUT2D eigenvalue weighted by Gasteiger charge is -2.14. The monoisotopic (exact) mass is 577 g/mol. The number of benzene rings is 6. The Bertz CT molecular complexity index is 2570. The maximum Gasteiger partial charge on any atom is 0.143 e. The van der Waals surface area contributed by atoms with Gasteiger partial charge in [0.25, 0.3) is 0 Å². The van der Waals surface area contributed by atoms with Crippen molar-refractivity contribution in [1.82, 2.24) is 0 Å². The summed E-state index contributed by atoms with van der Waals surface area (Å²) in [6.45, 7) is 0. The van der Waals surface area contributed by atoms with Crippen molar-refractivity contribution in [1.29, 1.82) is 15.8 Å². The molecule has 0 aliphatic rings. The molecule has 0 bridgehead atoms. The molecule has 0 unspecified atom stereocenters. The van der Waals surface area contributed by atoms with Gasteiger partial charge in [-0.15, -0.1) is 11.3 Å². The van der Waals surface area contributed by atoms with Crippen molar-refractivity contribution in [2.24, 2.45) is 0 Å². The second-order valence-electron chi connectivity index (χ2n) is 10.7. The summed E-state index contributed by atoms with van der Waals surface area (Å²) in [6, 6.07) is 44.8. The van der Waals surface area contributed by atoms with Crippen LogP contribution in [0.15, 0.2) is 120 Å². The zero-order valence-electron chi connectivity index (χ0n) is 23.1. The second kappa shape index (κ2) is 9.97. The van der Waals surface area contributed by atoms with Crippen LogP contribution in [0.3, 0.4) is 0 Å². The van der Waals surface area contributed by atoms with Gasteiger partial charge in [-0.1, -0.05) is 60.7 Å². The number of thiophene rings is 1. The molecule has 0 aliphatic carbocycles. The minimum Gasteiger partial charge on any atom is -0.455 e. The summed E-state index contributed by atoms with van der Waals surface area (Å²) in [7, 11) is 0. The number of rotatable bonds is 3. The molecule has 0 saturated heterocycles. The van der Waals surface area contributed by atoms with Crippen LogP contribution in [-0.4, -0.2) is 0 Å². The Hall–Kier alpha value is -6.19. The molecule has 0 saturated carbocycles. The van der Waals surface area contributed by atoms with Crippen molar-refractivity contribution < 1.29 is 4.42 Å². The number of nitriles is 3. The highest BCUT2D eigenvalue weighted by Crippen LogP contribution is 2.42. The fourth-order valence-electron chi connectivity index (χ4n) is 6.17. The highest BCUT2D eigenvalue weighted by Gasteiger charge is 2.19. The molecule has 8 aromatic rings. The minimum atomic E-state index is 0.278. The van der Waals surface area contributed by atoms with Crippen molar-refractivity contribution in [3.8, 4) is 51.6 Å². The Kier molecular flexibility index (Phi) is 5.78. The van der Waals surface area contributed by atoms with Gasteiger partial charge in [0.1, 0.15) is 11.2 Å². The van der Waals surface area contributed by atoms with Gasteiger partial charge in [0.05, 0.1) is 34.9 Å². The smallest absolute Gasteiger partial charge is 0.143 e. The van der Waals surface area contributed by atoms with E-state index in [-0.39, 0.29) is 16.7 Å². The summed E-state index contributed by atoms with van der Waals surface area (Å²) in [5, 5.41) is 34.3. The van der Waals surface area contributed by atoms with Gasteiger partial charge < -0.3 is 4.42 Å². The highest BCUT2D eigenvalue weighted by atomic mass is 32.1. The molecule has 2 heterocycles. The standard InChI is InChI=1S/C39H19N3OS/c40-20-23-14-28(21-41)38(29(15-23)22-42)27-17-25(24-12-13-37-34(19-24)32-7-2-4-11-36(32)44-37)16-26(18-27)30-8-5-9-33-31-6-1-3-10-35(31)43-39(30)33/h1-19H. The number of furan rings is 1. The van der Waals surface area contributed by atoms with E-state index in [2.05, 4.69) is 78.9 Å². The Balaban J connectivity index is 1.44. The quantitative estimate of drug-likeness (QED) is 0.209. The molecule has 0 atom stereocenters. The van der Waals surface area contributed by atoms with Gasteiger partial charge in [-0.05, 0) is 76.9 Å². The van der Waals surface area contributed by atoms with Gasteiger partial charge in [-0.2, -0.15) is 15.8 Å².